The molecule has 1 fully saturated rings. The predicted octanol–water partition coefficient (Wildman–Crippen LogP) is 3.49. The van der Waals surface area contributed by atoms with Gasteiger partial charge in [0.2, 0.25) is 5.91 Å². The van der Waals surface area contributed by atoms with E-state index in [1.165, 1.54) is 41.8 Å². The van der Waals surface area contributed by atoms with Crippen molar-refractivity contribution >= 4 is 39.3 Å². The highest BCUT2D eigenvalue weighted by molar-refractivity contribution is 7.92. The van der Waals surface area contributed by atoms with Crippen LogP contribution in [0.4, 0.5) is 4.79 Å². The molecule has 2 heterocycles. The first-order valence-corrected chi connectivity index (χ1v) is 19.0. The Morgan fingerprint density at radius 1 is 1.08 bits per heavy atom. The summed E-state index contributed by atoms with van der Waals surface area (Å²) in [4.78, 5) is 35.5. The van der Waals surface area contributed by atoms with Crippen molar-refractivity contribution in [1.29, 1.82) is 0 Å². The number of rotatable bonds is 18. The number of thiazole rings is 1. The summed E-state index contributed by atoms with van der Waals surface area (Å²) in [5.74, 6) is -0.992. The zero-order valence-corrected chi connectivity index (χ0v) is 30.7. The Labute approximate surface area is 298 Å². The number of aromatic nitrogens is 1. The summed E-state index contributed by atoms with van der Waals surface area (Å²) in [6.45, 7) is 8.69. The smallest absolute Gasteiger partial charge is 0.321 e. The molecule has 13 nitrogen and oxygen atoms in total. The molecule has 50 heavy (non-hydrogen) atoms. The van der Waals surface area contributed by atoms with Crippen LogP contribution < -0.4 is 10.6 Å². The molecular formula is C35H48N6O7S2. The van der Waals surface area contributed by atoms with Gasteiger partial charge in [-0.15, -0.1) is 11.3 Å². The van der Waals surface area contributed by atoms with Gasteiger partial charge in [-0.3, -0.25) is 10.1 Å². The Morgan fingerprint density at radius 3 is 2.40 bits per heavy atom. The van der Waals surface area contributed by atoms with Crippen LogP contribution in [0.5, 0.6) is 0 Å². The average molecular weight is 729 g/mol. The van der Waals surface area contributed by atoms with E-state index >= 15 is 0 Å². The molecule has 0 radical (unpaired) electrons. The number of oxime groups is 1. The number of amides is 3. The Balaban J connectivity index is 1.49. The van der Waals surface area contributed by atoms with Crippen LogP contribution in [0.2, 0.25) is 0 Å². The fourth-order valence-corrected chi connectivity index (χ4v) is 8.67. The van der Waals surface area contributed by atoms with Gasteiger partial charge in [0.25, 0.3) is 0 Å². The van der Waals surface area contributed by atoms with Crippen molar-refractivity contribution in [3.8, 4) is 0 Å². The van der Waals surface area contributed by atoms with Crippen LogP contribution in [0.15, 0.2) is 70.0 Å². The molecule has 3 aromatic rings. The van der Waals surface area contributed by atoms with Gasteiger partial charge in [-0.2, -0.15) is 0 Å². The first-order chi connectivity index (χ1) is 23.8. The molecular weight excluding hydrogens is 681 g/mol. The monoisotopic (exact) mass is 728 g/mol. The molecule has 0 aliphatic carbocycles. The number of carbonyl (C=O) groups excluding carboxylic acids is 2. The lowest BCUT2D eigenvalue weighted by Gasteiger charge is -2.33. The second kappa shape index (κ2) is 17.9. The van der Waals surface area contributed by atoms with E-state index in [4.69, 9.17) is 9.94 Å². The largest absolute Gasteiger partial charge is 0.411 e. The van der Waals surface area contributed by atoms with E-state index in [1.54, 1.807) is 30.8 Å². The van der Waals surface area contributed by atoms with Gasteiger partial charge in [0.15, 0.2) is 9.84 Å². The van der Waals surface area contributed by atoms with E-state index in [2.05, 4.69) is 20.8 Å². The van der Waals surface area contributed by atoms with Crippen molar-refractivity contribution < 1.29 is 33.1 Å². The fourth-order valence-electron chi connectivity index (χ4n) is 6.08. The molecule has 0 bridgehead atoms. The van der Waals surface area contributed by atoms with E-state index in [0.717, 1.165) is 16.3 Å². The normalized spacial score (nSPS) is 16.4. The minimum absolute atomic E-state index is 0.0803. The van der Waals surface area contributed by atoms with Gasteiger partial charge in [-0.25, -0.2) is 18.2 Å². The molecule has 3 amide bonds. The van der Waals surface area contributed by atoms with E-state index in [9.17, 15) is 23.1 Å². The molecule has 1 saturated heterocycles. The zero-order valence-electron chi connectivity index (χ0n) is 29.1. The van der Waals surface area contributed by atoms with E-state index in [0.29, 0.717) is 31.8 Å². The molecule has 1 aliphatic heterocycles. The number of aliphatic hydroxyl groups is 1. The molecule has 1 aromatic heterocycles. The SMILES string of the molecule is COCc1nc(CN2CCN([C@H](C(=O)N[C@@H](Cc3ccccc3)[C@H](O)CNC(C(C)C)S(=O)(=O)c3ccc(/C=N/O)cc3)C(C)C)C2=O)cs1. The number of methoxy groups -OCH3 is 1. The molecule has 2 aromatic carbocycles. The van der Waals surface area contributed by atoms with Gasteiger partial charge in [0.1, 0.15) is 16.4 Å². The number of nitrogens with zero attached hydrogens (tertiary/aromatic N) is 4. The Morgan fingerprint density at radius 2 is 1.78 bits per heavy atom. The van der Waals surface area contributed by atoms with Crippen LogP contribution >= 0.6 is 11.3 Å². The van der Waals surface area contributed by atoms with Crippen LogP contribution in [0, 0.1) is 11.8 Å². The second-order valence-electron chi connectivity index (χ2n) is 13.1. The summed E-state index contributed by atoms with van der Waals surface area (Å²) < 4.78 is 32.5. The van der Waals surface area contributed by atoms with Crippen molar-refractivity contribution in [3.63, 3.8) is 0 Å². The standard InChI is InChI=1S/C35H48N6O7S2/c1-23(2)32(41-16-15-40(35(41)44)20-27-22-49-31(38-27)21-48-5)33(43)39-29(17-25-9-7-6-8-10-25)30(42)19-36-34(24(3)4)50(46,47)28-13-11-26(12-14-28)18-37-45/h6-14,18,22-24,29-30,32,34,36,42,45H,15-17,19-21H2,1-5H3,(H,39,43)/b37-18+/t29-,30+,32-,34?/m0/s1. The minimum Gasteiger partial charge on any atom is -0.411 e. The molecule has 1 unspecified atom stereocenters. The van der Waals surface area contributed by atoms with Crippen LogP contribution in [0.1, 0.15) is 49.5 Å². The molecule has 4 rings (SSSR count). The number of benzene rings is 2. The van der Waals surface area contributed by atoms with Crippen LogP contribution in [-0.2, 0) is 38.9 Å². The van der Waals surface area contributed by atoms with Gasteiger partial charge < -0.3 is 30.2 Å². The molecule has 4 N–H and O–H groups in total. The maximum atomic E-state index is 14.0. The highest BCUT2D eigenvalue weighted by atomic mass is 32.2. The minimum atomic E-state index is -3.88. The quantitative estimate of drug-likeness (QED) is 0.0869. The highest BCUT2D eigenvalue weighted by Crippen LogP contribution is 2.23. The lowest BCUT2D eigenvalue weighted by Crippen LogP contribution is -2.57. The first-order valence-electron chi connectivity index (χ1n) is 16.6. The van der Waals surface area contributed by atoms with Crippen molar-refractivity contribution in [2.75, 3.05) is 26.7 Å². The third-order valence-electron chi connectivity index (χ3n) is 8.56. The third kappa shape index (κ3) is 9.88. The Kier molecular flexibility index (Phi) is 13.9. The van der Waals surface area contributed by atoms with E-state index in [1.807, 2.05) is 49.6 Å². The van der Waals surface area contributed by atoms with Crippen molar-refractivity contribution in [2.24, 2.45) is 17.0 Å². The first kappa shape index (κ1) is 38.9. The van der Waals surface area contributed by atoms with Gasteiger partial charge in [0.05, 0.1) is 42.1 Å². The van der Waals surface area contributed by atoms with E-state index < -0.39 is 39.3 Å². The topological polar surface area (TPSA) is 174 Å². The maximum Gasteiger partial charge on any atom is 0.321 e. The molecule has 1 aliphatic rings. The zero-order chi connectivity index (χ0) is 36.4. The lowest BCUT2D eigenvalue weighted by atomic mass is 9.97. The molecule has 0 saturated carbocycles. The Bertz CT molecular complexity index is 1680. The number of nitrogens with one attached hydrogen (secondary N) is 2. The van der Waals surface area contributed by atoms with Crippen LogP contribution in [0.3, 0.4) is 0 Å². The molecule has 0 spiro atoms. The number of ether oxygens (including phenoxy) is 1. The lowest BCUT2D eigenvalue weighted by molar-refractivity contribution is -0.128. The van der Waals surface area contributed by atoms with Crippen molar-refractivity contribution in [1.82, 2.24) is 25.4 Å². The van der Waals surface area contributed by atoms with Crippen LogP contribution in [-0.4, -0.2) is 102 Å². The van der Waals surface area contributed by atoms with Gasteiger partial charge in [-0.05, 0) is 41.5 Å². The van der Waals surface area contributed by atoms with Crippen molar-refractivity contribution in [2.45, 2.75) is 75.7 Å². The van der Waals surface area contributed by atoms with Gasteiger partial charge >= 0.3 is 6.03 Å². The Hall–Kier alpha value is -3.89. The van der Waals surface area contributed by atoms with Crippen LogP contribution in [0.25, 0.3) is 0 Å². The summed E-state index contributed by atoms with van der Waals surface area (Å²) in [5.41, 5.74) is 2.17. The summed E-state index contributed by atoms with van der Waals surface area (Å²) in [5, 5.41) is 31.1. The summed E-state index contributed by atoms with van der Waals surface area (Å²) in [6, 6.07) is 13.5. The van der Waals surface area contributed by atoms with E-state index in [-0.39, 0.29) is 35.7 Å². The maximum absolute atomic E-state index is 14.0. The second-order valence-corrected chi connectivity index (χ2v) is 16.1. The van der Waals surface area contributed by atoms with Gasteiger partial charge in [0, 0.05) is 32.1 Å². The van der Waals surface area contributed by atoms with Gasteiger partial charge in [-0.1, -0.05) is 75.3 Å². The average Bonchev–Trinajstić information content (AvgIpc) is 3.67. The molecule has 15 heteroatoms. The predicted molar refractivity (Wildman–Crippen MR) is 192 cm³/mol. The summed E-state index contributed by atoms with van der Waals surface area (Å²) in [6.07, 6.45) is 0.303. The third-order valence-corrected chi connectivity index (χ3v) is 11.7. The van der Waals surface area contributed by atoms with Crippen molar-refractivity contribution in [3.05, 3.63) is 81.8 Å². The number of carbonyl (C=O) groups is 2. The number of urea groups is 1. The molecule has 4 atom stereocenters. The summed E-state index contributed by atoms with van der Waals surface area (Å²) in [7, 11) is -2.28. The summed E-state index contributed by atoms with van der Waals surface area (Å²) >= 11 is 1.47. The molecule has 272 valence electrons. The number of hydrogen-bond donors (Lipinski definition) is 4. The number of hydrogen-bond acceptors (Lipinski definition) is 11. The highest BCUT2D eigenvalue weighted by Gasteiger charge is 2.40. The number of aliphatic hydroxyl groups excluding tert-OH is 1. The fraction of sp³-hybridized carbons (Fsp3) is 0.486. The number of sulfone groups is 1.